The number of esters is 2. The minimum absolute atomic E-state index is 0.00314. The maximum atomic E-state index is 12.7. The van der Waals surface area contributed by atoms with Gasteiger partial charge in [-0.25, -0.2) is 19.4 Å². The standard InChI is InChI=1S/C24H26N4O6/c1-14-3-7-16(8-4-14)21(29)32-12-19-18(34-22(30)17-9-5-15(2)6-10-17)11-20(33-19)28-13-26-23(25)27-24(28)31/h3-10,18-20H,11-13H2,1-2H3,(H3,25,26,27,31)/t18-,19+,20+/m0/s1. The Balaban J connectivity index is 1.46. The second kappa shape index (κ2) is 9.92. The summed E-state index contributed by atoms with van der Waals surface area (Å²) >= 11 is 0. The Morgan fingerprint density at radius 2 is 1.65 bits per heavy atom. The summed E-state index contributed by atoms with van der Waals surface area (Å²) in [6, 6.07) is 13.5. The van der Waals surface area contributed by atoms with E-state index in [1.807, 2.05) is 38.1 Å². The van der Waals surface area contributed by atoms with Crippen molar-refractivity contribution < 1.29 is 28.6 Å². The number of carbonyl (C=O) groups excluding carboxylic acids is 3. The number of urea groups is 1. The van der Waals surface area contributed by atoms with Crippen molar-refractivity contribution in [2.75, 3.05) is 13.3 Å². The van der Waals surface area contributed by atoms with Gasteiger partial charge in [0.25, 0.3) is 0 Å². The third-order valence-corrected chi connectivity index (χ3v) is 5.63. The summed E-state index contributed by atoms with van der Waals surface area (Å²) in [6.07, 6.45) is -2.08. The lowest BCUT2D eigenvalue weighted by Gasteiger charge is -2.29. The molecule has 0 bridgehead atoms. The zero-order chi connectivity index (χ0) is 24.2. The minimum Gasteiger partial charge on any atom is -0.459 e. The highest BCUT2D eigenvalue weighted by molar-refractivity contribution is 5.97. The van der Waals surface area contributed by atoms with Crippen molar-refractivity contribution in [2.45, 2.75) is 38.7 Å². The van der Waals surface area contributed by atoms with Gasteiger partial charge < -0.3 is 19.9 Å². The molecule has 0 aromatic heterocycles. The van der Waals surface area contributed by atoms with Crippen LogP contribution in [0, 0.1) is 13.8 Å². The molecule has 1 saturated heterocycles. The number of benzene rings is 2. The van der Waals surface area contributed by atoms with Crippen molar-refractivity contribution in [3.05, 3.63) is 70.8 Å². The van der Waals surface area contributed by atoms with E-state index < -0.39 is 36.4 Å². The number of amides is 2. The number of guanidine groups is 1. The van der Waals surface area contributed by atoms with Crippen molar-refractivity contribution in [1.82, 2.24) is 10.2 Å². The molecule has 2 heterocycles. The lowest BCUT2D eigenvalue weighted by atomic mass is 10.1. The average Bonchev–Trinajstić information content (AvgIpc) is 3.20. The number of nitrogens with one attached hydrogen (secondary N) is 1. The van der Waals surface area contributed by atoms with E-state index in [4.69, 9.17) is 19.9 Å². The fourth-order valence-electron chi connectivity index (χ4n) is 3.65. The summed E-state index contributed by atoms with van der Waals surface area (Å²) in [6.45, 7) is 3.68. The van der Waals surface area contributed by atoms with Gasteiger partial charge in [-0.15, -0.1) is 0 Å². The Hall–Kier alpha value is -3.92. The molecule has 0 radical (unpaired) electrons. The molecule has 0 saturated carbocycles. The van der Waals surface area contributed by atoms with E-state index in [1.54, 1.807) is 24.3 Å². The Morgan fingerprint density at radius 1 is 1.06 bits per heavy atom. The van der Waals surface area contributed by atoms with Gasteiger partial charge in [0.1, 0.15) is 31.7 Å². The van der Waals surface area contributed by atoms with Crippen molar-refractivity contribution in [2.24, 2.45) is 10.7 Å². The van der Waals surface area contributed by atoms with Crippen LogP contribution < -0.4 is 11.1 Å². The quantitative estimate of drug-likeness (QED) is 0.623. The van der Waals surface area contributed by atoms with Gasteiger partial charge in [0.15, 0.2) is 5.96 Å². The van der Waals surface area contributed by atoms with Crippen molar-refractivity contribution in [3.63, 3.8) is 0 Å². The monoisotopic (exact) mass is 466 g/mol. The molecule has 2 aliphatic heterocycles. The van der Waals surface area contributed by atoms with Gasteiger partial charge in [-0.1, -0.05) is 35.4 Å². The SMILES string of the molecule is Cc1ccc(C(=O)OC[C@H]2O[C@@H](N3CN=C(N)NC3=O)C[C@@H]2OC(=O)c2ccc(C)cc2)cc1. The number of nitrogens with two attached hydrogens (primary N) is 1. The Labute approximate surface area is 196 Å². The van der Waals surface area contributed by atoms with Crippen LogP contribution in [0.15, 0.2) is 53.5 Å². The molecule has 2 aromatic carbocycles. The number of nitrogens with zero attached hydrogens (tertiary/aromatic N) is 2. The molecule has 2 aromatic rings. The van der Waals surface area contributed by atoms with Gasteiger partial charge in [-0.05, 0) is 38.1 Å². The van der Waals surface area contributed by atoms with Crippen LogP contribution >= 0.6 is 0 Å². The summed E-state index contributed by atoms with van der Waals surface area (Å²) in [5, 5.41) is 2.43. The van der Waals surface area contributed by atoms with Crippen LogP contribution in [-0.2, 0) is 14.2 Å². The van der Waals surface area contributed by atoms with E-state index in [1.165, 1.54) is 4.90 Å². The van der Waals surface area contributed by atoms with E-state index in [-0.39, 0.29) is 25.7 Å². The molecule has 3 N–H and O–H groups in total. The number of aryl methyl sites for hydroxylation is 2. The maximum Gasteiger partial charge on any atom is 0.338 e. The largest absolute Gasteiger partial charge is 0.459 e. The van der Waals surface area contributed by atoms with E-state index in [0.717, 1.165) is 11.1 Å². The fourth-order valence-corrected chi connectivity index (χ4v) is 3.65. The summed E-state index contributed by atoms with van der Waals surface area (Å²) in [4.78, 5) is 42.9. The smallest absolute Gasteiger partial charge is 0.338 e. The number of rotatable bonds is 6. The van der Waals surface area contributed by atoms with Gasteiger partial charge in [-0.3, -0.25) is 10.2 Å². The first-order chi connectivity index (χ1) is 16.3. The molecular weight excluding hydrogens is 440 g/mol. The molecule has 10 heteroatoms. The highest BCUT2D eigenvalue weighted by Crippen LogP contribution is 2.28. The zero-order valence-electron chi connectivity index (χ0n) is 18.9. The molecular formula is C24H26N4O6. The third-order valence-electron chi connectivity index (χ3n) is 5.63. The van der Waals surface area contributed by atoms with Crippen molar-refractivity contribution in [3.8, 4) is 0 Å². The molecule has 178 valence electrons. The van der Waals surface area contributed by atoms with Gasteiger partial charge in [0, 0.05) is 6.42 Å². The molecule has 2 aliphatic rings. The van der Waals surface area contributed by atoms with E-state index in [9.17, 15) is 14.4 Å². The third kappa shape index (κ3) is 5.34. The molecule has 3 atom stereocenters. The first-order valence-corrected chi connectivity index (χ1v) is 10.8. The number of hydrogen-bond donors (Lipinski definition) is 2. The summed E-state index contributed by atoms with van der Waals surface area (Å²) in [5.41, 5.74) is 8.36. The predicted octanol–water partition coefficient (Wildman–Crippen LogP) is 2.10. The van der Waals surface area contributed by atoms with Gasteiger partial charge in [-0.2, -0.15) is 0 Å². The lowest BCUT2D eigenvalue weighted by molar-refractivity contribution is -0.0715. The highest BCUT2D eigenvalue weighted by atomic mass is 16.6. The summed E-state index contributed by atoms with van der Waals surface area (Å²) in [7, 11) is 0. The average molecular weight is 466 g/mol. The molecule has 34 heavy (non-hydrogen) atoms. The van der Waals surface area contributed by atoms with Crippen LogP contribution in [0.4, 0.5) is 4.79 Å². The normalized spacial score (nSPS) is 22.1. The van der Waals surface area contributed by atoms with Gasteiger partial charge in [0.2, 0.25) is 0 Å². The fraction of sp³-hybridized carbons (Fsp3) is 0.333. The van der Waals surface area contributed by atoms with Crippen LogP contribution in [0.25, 0.3) is 0 Å². The molecule has 2 amide bonds. The molecule has 0 aliphatic carbocycles. The Morgan fingerprint density at radius 3 is 2.24 bits per heavy atom. The van der Waals surface area contributed by atoms with Crippen molar-refractivity contribution >= 4 is 23.9 Å². The van der Waals surface area contributed by atoms with Crippen LogP contribution in [0.5, 0.6) is 0 Å². The zero-order valence-corrected chi connectivity index (χ0v) is 18.9. The van der Waals surface area contributed by atoms with Gasteiger partial charge in [0.05, 0.1) is 11.1 Å². The molecule has 0 spiro atoms. The Kier molecular flexibility index (Phi) is 6.78. The summed E-state index contributed by atoms with van der Waals surface area (Å²) < 4.78 is 17.1. The van der Waals surface area contributed by atoms with E-state index in [2.05, 4.69) is 10.3 Å². The molecule has 10 nitrogen and oxygen atoms in total. The highest BCUT2D eigenvalue weighted by Gasteiger charge is 2.43. The molecule has 0 unspecified atom stereocenters. The topological polar surface area (TPSA) is 133 Å². The van der Waals surface area contributed by atoms with Crippen LogP contribution in [0.2, 0.25) is 0 Å². The summed E-state index contributed by atoms with van der Waals surface area (Å²) in [5.74, 6) is -1.04. The predicted molar refractivity (Wildman–Crippen MR) is 122 cm³/mol. The molecule has 1 fully saturated rings. The van der Waals surface area contributed by atoms with E-state index in [0.29, 0.717) is 11.1 Å². The van der Waals surface area contributed by atoms with Crippen LogP contribution in [0.3, 0.4) is 0 Å². The van der Waals surface area contributed by atoms with Crippen LogP contribution in [-0.4, -0.2) is 60.5 Å². The first kappa shape index (κ1) is 23.2. The number of carbonyl (C=O) groups is 3. The van der Waals surface area contributed by atoms with E-state index >= 15 is 0 Å². The second-order valence-electron chi connectivity index (χ2n) is 8.22. The van der Waals surface area contributed by atoms with Crippen molar-refractivity contribution in [1.29, 1.82) is 0 Å². The molecule has 4 rings (SSSR count). The second-order valence-corrected chi connectivity index (χ2v) is 8.22. The Bertz CT molecular complexity index is 1100. The maximum absolute atomic E-state index is 12.7. The number of hydrogen-bond acceptors (Lipinski definition) is 8. The van der Waals surface area contributed by atoms with Gasteiger partial charge >= 0.3 is 18.0 Å². The number of ether oxygens (including phenoxy) is 3. The lowest BCUT2D eigenvalue weighted by Crippen LogP contribution is -2.54. The first-order valence-electron chi connectivity index (χ1n) is 10.8. The van der Waals surface area contributed by atoms with Crippen LogP contribution in [0.1, 0.15) is 38.3 Å². The number of aliphatic imine (C=N–C) groups is 1. The minimum atomic E-state index is -0.773.